The van der Waals surface area contributed by atoms with Crippen molar-refractivity contribution >= 4 is 33.9 Å². The van der Waals surface area contributed by atoms with E-state index in [9.17, 15) is 9.59 Å². The third-order valence-corrected chi connectivity index (χ3v) is 6.75. The number of carbonyl (C=O) groups is 2. The molecule has 4 rings (SSSR count). The van der Waals surface area contributed by atoms with Gasteiger partial charge in [0.1, 0.15) is 12.2 Å². The minimum atomic E-state index is -0.306. The van der Waals surface area contributed by atoms with Crippen LogP contribution in [0.3, 0.4) is 0 Å². The van der Waals surface area contributed by atoms with Crippen molar-refractivity contribution < 1.29 is 19.1 Å². The Balaban J connectivity index is 1.37. The van der Waals surface area contributed by atoms with Gasteiger partial charge in [0.05, 0.1) is 5.60 Å². The Kier molecular flexibility index (Phi) is 5.98. The smallest absolute Gasteiger partial charge is 0.334 e. The standard InChI is InChI=1S/C24H26BrNO4/c1-15-19-11-7-17(4-3-13-24(2)22(30-24)21(19)29-23(15)28)14-26-20(27)12-8-16-5-9-18(25)10-6-16/h4-6,8-10,12,19,21-22H,1,3,7,11,13-14H2,2H3,(H,26,27)/b12-8+,17-4+/t19-,21-,22-,24+/m0/s1. The third kappa shape index (κ3) is 4.60. The average Bonchev–Trinajstić information content (AvgIpc) is 3.31. The number of benzene rings is 1. The predicted molar refractivity (Wildman–Crippen MR) is 119 cm³/mol. The number of epoxide rings is 1. The summed E-state index contributed by atoms with van der Waals surface area (Å²) >= 11 is 3.40. The summed E-state index contributed by atoms with van der Waals surface area (Å²) in [6.07, 6.45) is 8.56. The fourth-order valence-corrected chi connectivity index (χ4v) is 4.55. The van der Waals surface area contributed by atoms with Crippen LogP contribution in [0.1, 0.15) is 38.2 Å². The van der Waals surface area contributed by atoms with E-state index < -0.39 is 0 Å². The van der Waals surface area contributed by atoms with Crippen molar-refractivity contribution in [1.29, 1.82) is 0 Å². The predicted octanol–water partition coefficient (Wildman–Crippen LogP) is 4.33. The second-order valence-electron chi connectivity index (χ2n) is 8.40. The van der Waals surface area contributed by atoms with Gasteiger partial charge in [-0.15, -0.1) is 0 Å². The number of nitrogens with one attached hydrogen (secondary N) is 1. The Bertz CT molecular complexity index is 920. The highest BCUT2D eigenvalue weighted by molar-refractivity contribution is 9.10. The van der Waals surface area contributed by atoms with Crippen LogP contribution in [-0.2, 0) is 19.1 Å². The van der Waals surface area contributed by atoms with Crippen molar-refractivity contribution in [1.82, 2.24) is 5.32 Å². The molecule has 5 nitrogen and oxygen atoms in total. The number of hydrogen-bond acceptors (Lipinski definition) is 4. The number of halogens is 1. The third-order valence-electron chi connectivity index (χ3n) is 6.23. The molecule has 0 spiro atoms. The minimum absolute atomic E-state index is 0.0289. The molecule has 0 unspecified atom stereocenters. The Morgan fingerprint density at radius 3 is 2.90 bits per heavy atom. The molecule has 2 heterocycles. The number of carbonyl (C=O) groups excluding carboxylic acids is 2. The van der Waals surface area contributed by atoms with Crippen LogP contribution in [0.5, 0.6) is 0 Å². The zero-order valence-corrected chi connectivity index (χ0v) is 18.6. The van der Waals surface area contributed by atoms with Gasteiger partial charge in [-0.3, -0.25) is 4.79 Å². The van der Waals surface area contributed by atoms with Gasteiger partial charge < -0.3 is 14.8 Å². The molecular formula is C24H26BrNO4. The summed E-state index contributed by atoms with van der Waals surface area (Å²) in [5.41, 5.74) is 2.42. The quantitative estimate of drug-likeness (QED) is 0.307. The van der Waals surface area contributed by atoms with E-state index in [0.29, 0.717) is 12.1 Å². The Labute approximate surface area is 185 Å². The second-order valence-corrected chi connectivity index (χ2v) is 9.31. The molecule has 0 radical (unpaired) electrons. The number of fused-ring (bicyclic) bond motifs is 3. The first kappa shape index (κ1) is 21.1. The molecule has 4 atom stereocenters. The Hall–Kier alpha value is -2.18. The molecule has 3 aliphatic rings. The normalized spacial score (nSPS) is 32.6. The average molecular weight is 472 g/mol. The molecule has 6 heteroatoms. The van der Waals surface area contributed by atoms with E-state index >= 15 is 0 Å². The van der Waals surface area contributed by atoms with Gasteiger partial charge in [0.25, 0.3) is 0 Å². The number of amides is 1. The van der Waals surface area contributed by atoms with E-state index in [1.807, 2.05) is 24.3 Å². The SMILES string of the molecule is C=C1C(=O)O[C@H]2[C@H]1CC/C(CNC(=O)/C=C/c1ccc(Br)cc1)=C\CC[C@@]1(C)O[C@@H]21. The van der Waals surface area contributed by atoms with Crippen molar-refractivity contribution in [3.8, 4) is 0 Å². The van der Waals surface area contributed by atoms with Gasteiger partial charge in [-0.2, -0.15) is 0 Å². The maximum absolute atomic E-state index is 12.3. The summed E-state index contributed by atoms with van der Waals surface area (Å²) in [4.78, 5) is 24.3. The van der Waals surface area contributed by atoms with Crippen LogP contribution < -0.4 is 5.32 Å². The van der Waals surface area contributed by atoms with Gasteiger partial charge in [-0.05, 0) is 56.4 Å². The van der Waals surface area contributed by atoms with E-state index in [1.54, 1.807) is 12.2 Å². The molecule has 2 fully saturated rings. The molecule has 1 N–H and O–H groups in total. The fourth-order valence-electron chi connectivity index (χ4n) is 4.29. The maximum Gasteiger partial charge on any atom is 0.334 e. The highest BCUT2D eigenvalue weighted by atomic mass is 79.9. The van der Waals surface area contributed by atoms with Gasteiger partial charge in [-0.1, -0.05) is 46.3 Å². The highest BCUT2D eigenvalue weighted by Gasteiger charge is 2.61. The van der Waals surface area contributed by atoms with E-state index in [0.717, 1.165) is 41.3 Å². The van der Waals surface area contributed by atoms with Crippen LogP contribution >= 0.6 is 15.9 Å². The minimum Gasteiger partial charge on any atom is -0.455 e. The Morgan fingerprint density at radius 1 is 1.37 bits per heavy atom. The van der Waals surface area contributed by atoms with Crippen molar-refractivity contribution in [3.63, 3.8) is 0 Å². The van der Waals surface area contributed by atoms with Crippen LogP contribution in [0.2, 0.25) is 0 Å². The molecule has 1 amide bonds. The molecule has 2 aliphatic heterocycles. The van der Waals surface area contributed by atoms with Gasteiger partial charge >= 0.3 is 5.97 Å². The number of esters is 1. The highest BCUT2D eigenvalue weighted by Crippen LogP contribution is 2.49. The number of rotatable bonds is 4. The van der Waals surface area contributed by atoms with Gasteiger partial charge in [0, 0.05) is 28.6 Å². The van der Waals surface area contributed by atoms with E-state index in [2.05, 4.69) is 40.8 Å². The van der Waals surface area contributed by atoms with Crippen molar-refractivity contribution in [2.45, 2.75) is 50.4 Å². The lowest BCUT2D eigenvalue weighted by molar-refractivity contribution is -0.140. The lowest BCUT2D eigenvalue weighted by atomic mass is 9.84. The number of allylic oxidation sites excluding steroid dienone is 1. The van der Waals surface area contributed by atoms with Crippen LogP contribution in [-0.4, -0.2) is 36.2 Å². The molecule has 158 valence electrons. The second kappa shape index (κ2) is 8.52. The van der Waals surface area contributed by atoms with Crippen molar-refractivity contribution in [3.05, 3.63) is 64.2 Å². The summed E-state index contributed by atoms with van der Waals surface area (Å²) in [7, 11) is 0. The first-order valence-corrected chi connectivity index (χ1v) is 11.1. The Morgan fingerprint density at radius 2 is 2.13 bits per heavy atom. The number of ether oxygens (including phenoxy) is 2. The molecule has 1 aromatic rings. The lowest BCUT2D eigenvalue weighted by Crippen LogP contribution is -2.29. The molecule has 2 saturated heterocycles. The summed E-state index contributed by atoms with van der Waals surface area (Å²) in [6, 6.07) is 7.77. The summed E-state index contributed by atoms with van der Waals surface area (Å²) in [5, 5.41) is 2.97. The van der Waals surface area contributed by atoms with Gasteiger partial charge in [0.2, 0.25) is 5.91 Å². The summed E-state index contributed by atoms with van der Waals surface area (Å²) < 4.78 is 12.5. The largest absolute Gasteiger partial charge is 0.455 e. The molecule has 0 bridgehead atoms. The molecule has 1 aromatic carbocycles. The summed E-state index contributed by atoms with van der Waals surface area (Å²) in [5.74, 6) is -0.465. The van der Waals surface area contributed by atoms with Crippen molar-refractivity contribution in [2.75, 3.05) is 6.54 Å². The van der Waals surface area contributed by atoms with Crippen LogP contribution in [0.15, 0.2) is 58.6 Å². The van der Waals surface area contributed by atoms with Gasteiger partial charge in [-0.25, -0.2) is 4.79 Å². The lowest BCUT2D eigenvalue weighted by Gasteiger charge is -2.20. The number of hydrogen-bond donors (Lipinski definition) is 1. The van der Waals surface area contributed by atoms with Crippen LogP contribution in [0, 0.1) is 5.92 Å². The summed E-state index contributed by atoms with van der Waals surface area (Å²) in [6.45, 7) is 6.51. The van der Waals surface area contributed by atoms with Crippen LogP contribution in [0.25, 0.3) is 6.08 Å². The van der Waals surface area contributed by atoms with Gasteiger partial charge in [0.15, 0.2) is 0 Å². The molecular weight excluding hydrogens is 446 g/mol. The zero-order valence-electron chi connectivity index (χ0n) is 17.0. The van der Waals surface area contributed by atoms with Crippen LogP contribution in [0.4, 0.5) is 0 Å². The maximum atomic E-state index is 12.3. The zero-order chi connectivity index (χ0) is 21.3. The van der Waals surface area contributed by atoms with E-state index in [1.165, 1.54) is 0 Å². The van der Waals surface area contributed by atoms with E-state index in [4.69, 9.17) is 9.47 Å². The molecule has 30 heavy (non-hydrogen) atoms. The fraction of sp³-hybridized carbons (Fsp3) is 0.417. The molecule has 1 aliphatic carbocycles. The molecule has 0 aromatic heterocycles. The van der Waals surface area contributed by atoms with E-state index in [-0.39, 0.29) is 35.6 Å². The topological polar surface area (TPSA) is 67.9 Å². The molecule has 0 saturated carbocycles. The monoisotopic (exact) mass is 471 g/mol. The van der Waals surface area contributed by atoms with Crippen molar-refractivity contribution in [2.24, 2.45) is 5.92 Å². The first-order chi connectivity index (χ1) is 14.4. The first-order valence-electron chi connectivity index (χ1n) is 10.3.